The van der Waals surface area contributed by atoms with Crippen molar-refractivity contribution in [3.05, 3.63) is 54.4 Å². The Kier molecular flexibility index (Phi) is 4.17. The number of fused-ring (bicyclic) bond motifs is 1. The molecule has 25 heavy (non-hydrogen) atoms. The summed E-state index contributed by atoms with van der Waals surface area (Å²) in [5.41, 5.74) is 2.32. The van der Waals surface area contributed by atoms with Crippen LogP contribution in [0.25, 0.3) is 11.0 Å². The van der Waals surface area contributed by atoms with Crippen molar-refractivity contribution in [2.24, 2.45) is 0 Å². The molecule has 1 saturated carbocycles. The van der Waals surface area contributed by atoms with E-state index >= 15 is 0 Å². The van der Waals surface area contributed by atoms with Crippen LogP contribution in [0, 0.1) is 6.92 Å². The molecule has 0 radical (unpaired) electrons. The topological polar surface area (TPSA) is 72.7 Å². The van der Waals surface area contributed by atoms with E-state index in [-0.39, 0.29) is 11.9 Å². The van der Waals surface area contributed by atoms with Crippen molar-refractivity contribution in [2.75, 3.05) is 0 Å². The fourth-order valence-corrected chi connectivity index (χ4v) is 3.66. The lowest BCUT2D eigenvalue weighted by Crippen LogP contribution is -2.38. The van der Waals surface area contributed by atoms with Crippen LogP contribution in [-0.2, 0) is 0 Å². The van der Waals surface area contributed by atoms with Crippen LogP contribution in [0.2, 0.25) is 0 Å². The maximum atomic E-state index is 12.4. The molecular weight excluding hydrogens is 314 g/mol. The highest BCUT2D eigenvalue weighted by atomic mass is 16.1. The van der Waals surface area contributed by atoms with Gasteiger partial charge in [-0.15, -0.1) is 0 Å². The van der Waals surface area contributed by atoms with E-state index in [2.05, 4.69) is 43.2 Å². The van der Waals surface area contributed by atoms with E-state index in [0.29, 0.717) is 17.3 Å². The summed E-state index contributed by atoms with van der Waals surface area (Å²) in [5, 5.41) is 4.31. The number of nitrogens with one attached hydrogen (secondary N) is 1. The Morgan fingerprint density at radius 1 is 1.20 bits per heavy atom. The number of aromatic nitrogens is 4. The number of pyridine rings is 1. The monoisotopic (exact) mass is 335 g/mol. The summed E-state index contributed by atoms with van der Waals surface area (Å²) < 4.78 is 2.28. The smallest absolute Gasteiger partial charge is 0.254 e. The van der Waals surface area contributed by atoms with Crippen LogP contribution in [0.15, 0.2) is 43.1 Å². The van der Waals surface area contributed by atoms with Gasteiger partial charge in [-0.05, 0) is 50.8 Å². The minimum absolute atomic E-state index is 0.0744. The summed E-state index contributed by atoms with van der Waals surface area (Å²) in [4.78, 5) is 25.0. The van der Waals surface area contributed by atoms with Gasteiger partial charge in [0.2, 0.25) is 0 Å². The van der Waals surface area contributed by atoms with Crippen molar-refractivity contribution in [2.45, 2.75) is 44.7 Å². The third-order valence-electron chi connectivity index (χ3n) is 5.06. The number of amides is 1. The summed E-state index contributed by atoms with van der Waals surface area (Å²) in [6, 6.07) is 6.83. The highest BCUT2D eigenvalue weighted by Gasteiger charge is 2.25. The molecule has 0 atom stereocenters. The van der Waals surface area contributed by atoms with Gasteiger partial charge < -0.3 is 9.88 Å². The maximum absolute atomic E-state index is 12.4. The number of hydrogen-bond acceptors (Lipinski definition) is 4. The highest BCUT2D eigenvalue weighted by molar-refractivity contribution is 5.95. The molecule has 0 saturated heterocycles. The van der Waals surface area contributed by atoms with Crippen LogP contribution in [-0.4, -0.2) is 31.5 Å². The van der Waals surface area contributed by atoms with Gasteiger partial charge in [-0.2, -0.15) is 0 Å². The molecule has 1 fully saturated rings. The molecule has 4 rings (SSSR count). The summed E-state index contributed by atoms with van der Waals surface area (Å²) >= 11 is 0. The van der Waals surface area contributed by atoms with Gasteiger partial charge in [-0.25, -0.2) is 15.0 Å². The first-order chi connectivity index (χ1) is 12.2. The maximum Gasteiger partial charge on any atom is 0.254 e. The Hall–Kier alpha value is -2.76. The van der Waals surface area contributed by atoms with E-state index in [1.165, 1.54) is 11.7 Å². The predicted molar refractivity (Wildman–Crippen MR) is 95.3 cm³/mol. The fraction of sp³-hybridized carbons (Fsp3) is 0.368. The third-order valence-corrected chi connectivity index (χ3v) is 5.06. The molecule has 1 aliphatic carbocycles. The lowest BCUT2D eigenvalue weighted by Gasteiger charge is -2.30. The SMILES string of the molecule is Cc1ncncc1C(=O)NC1CCC(n2ccc3cccnc32)CC1. The van der Waals surface area contributed by atoms with Gasteiger partial charge in [0.25, 0.3) is 5.91 Å². The number of carbonyl (C=O) groups is 1. The minimum atomic E-state index is -0.0744. The highest BCUT2D eigenvalue weighted by Crippen LogP contribution is 2.31. The number of rotatable bonds is 3. The zero-order valence-electron chi connectivity index (χ0n) is 14.2. The molecule has 0 aromatic carbocycles. The van der Waals surface area contributed by atoms with Gasteiger partial charge in [-0.1, -0.05) is 0 Å². The van der Waals surface area contributed by atoms with Gasteiger partial charge in [0, 0.05) is 36.1 Å². The first-order valence-corrected chi connectivity index (χ1v) is 8.71. The Labute approximate surface area is 146 Å². The number of carbonyl (C=O) groups excluding carboxylic acids is 1. The molecule has 1 amide bonds. The summed E-state index contributed by atoms with van der Waals surface area (Å²) in [5.74, 6) is -0.0744. The van der Waals surface area contributed by atoms with Gasteiger partial charge in [0.1, 0.15) is 12.0 Å². The van der Waals surface area contributed by atoms with Crippen molar-refractivity contribution in [1.29, 1.82) is 0 Å². The van der Waals surface area contributed by atoms with Crippen LogP contribution in [0.4, 0.5) is 0 Å². The average molecular weight is 335 g/mol. The Bertz CT molecular complexity index is 895. The van der Waals surface area contributed by atoms with Crippen LogP contribution in [0.5, 0.6) is 0 Å². The molecule has 3 aromatic heterocycles. The normalized spacial score (nSPS) is 20.5. The van der Waals surface area contributed by atoms with Crippen molar-refractivity contribution >= 4 is 16.9 Å². The number of hydrogen-bond donors (Lipinski definition) is 1. The fourth-order valence-electron chi connectivity index (χ4n) is 3.66. The van der Waals surface area contributed by atoms with Crippen molar-refractivity contribution in [3.8, 4) is 0 Å². The second kappa shape index (κ2) is 6.63. The quantitative estimate of drug-likeness (QED) is 0.798. The number of aryl methyl sites for hydroxylation is 1. The van der Waals surface area contributed by atoms with E-state index in [0.717, 1.165) is 31.3 Å². The first kappa shape index (κ1) is 15.7. The van der Waals surface area contributed by atoms with Crippen LogP contribution in [0.3, 0.4) is 0 Å². The molecular formula is C19H21N5O. The first-order valence-electron chi connectivity index (χ1n) is 8.71. The molecule has 128 valence electrons. The van der Waals surface area contributed by atoms with Gasteiger partial charge in [0.15, 0.2) is 0 Å². The van der Waals surface area contributed by atoms with Crippen LogP contribution >= 0.6 is 0 Å². The van der Waals surface area contributed by atoms with E-state index in [1.54, 1.807) is 6.20 Å². The molecule has 0 aliphatic heterocycles. The van der Waals surface area contributed by atoms with Crippen molar-refractivity contribution in [3.63, 3.8) is 0 Å². The van der Waals surface area contributed by atoms with Gasteiger partial charge in [0.05, 0.1) is 11.3 Å². The molecule has 3 aromatic rings. The zero-order valence-corrected chi connectivity index (χ0v) is 14.2. The van der Waals surface area contributed by atoms with Gasteiger partial charge >= 0.3 is 0 Å². The van der Waals surface area contributed by atoms with Crippen molar-refractivity contribution < 1.29 is 4.79 Å². The largest absolute Gasteiger partial charge is 0.349 e. The van der Waals surface area contributed by atoms with E-state index in [4.69, 9.17) is 0 Å². The molecule has 0 unspecified atom stereocenters. The van der Waals surface area contributed by atoms with E-state index in [1.807, 2.05) is 19.2 Å². The Balaban J connectivity index is 1.40. The van der Waals surface area contributed by atoms with Crippen LogP contribution in [0.1, 0.15) is 47.8 Å². The lowest BCUT2D eigenvalue weighted by atomic mass is 9.90. The van der Waals surface area contributed by atoms with Crippen molar-refractivity contribution in [1.82, 2.24) is 24.8 Å². The summed E-state index contributed by atoms with van der Waals surface area (Å²) in [6.07, 6.45) is 11.0. The molecule has 0 spiro atoms. The second-order valence-electron chi connectivity index (χ2n) is 6.64. The Morgan fingerprint density at radius 2 is 2.04 bits per heavy atom. The molecule has 1 aliphatic rings. The van der Waals surface area contributed by atoms with E-state index < -0.39 is 0 Å². The third kappa shape index (κ3) is 3.12. The molecule has 6 heteroatoms. The average Bonchev–Trinajstić information content (AvgIpc) is 3.07. The van der Waals surface area contributed by atoms with E-state index in [9.17, 15) is 4.79 Å². The second-order valence-corrected chi connectivity index (χ2v) is 6.64. The molecule has 1 N–H and O–H groups in total. The summed E-state index contributed by atoms with van der Waals surface area (Å²) in [6.45, 7) is 1.83. The minimum Gasteiger partial charge on any atom is -0.349 e. The lowest BCUT2D eigenvalue weighted by molar-refractivity contribution is 0.0921. The predicted octanol–water partition coefficient (Wildman–Crippen LogP) is 3.05. The summed E-state index contributed by atoms with van der Waals surface area (Å²) in [7, 11) is 0. The Morgan fingerprint density at radius 3 is 2.84 bits per heavy atom. The van der Waals surface area contributed by atoms with Crippen LogP contribution < -0.4 is 5.32 Å². The molecule has 3 heterocycles. The molecule has 6 nitrogen and oxygen atoms in total. The van der Waals surface area contributed by atoms with Gasteiger partial charge in [-0.3, -0.25) is 4.79 Å². The standard InChI is InChI=1S/C19H21N5O/c1-13-17(11-20-12-22-13)19(25)23-15-4-6-16(7-5-15)24-10-8-14-3-2-9-21-18(14)24/h2-3,8-12,15-16H,4-7H2,1H3,(H,23,25). The zero-order chi connectivity index (χ0) is 17.2. The molecule has 0 bridgehead atoms. The number of nitrogens with zero attached hydrogens (tertiary/aromatic N) is 4.